The summed E-state index contributed by atoms with van der Waals surface area (Å²) in [6.07, 6.45) is 2.51. The van der Waals surface area contributed by atoms with Crippen LogP contribution < -0.4 is 10.6 Å². The van der Waals surface area contributed by atoms with Crippen LogP contribution in [-0.2, 0) is 13.1 Å². The van der Waals surface area contributed by atoms with Crippen molar-refractivity contribution in [2.24, 2.45) is 0 Å². The highest BCUT2D eigenvalue weighted by Crippen LogP contribution is 2.40. The van der Waals surface area contributed by atoms with E-state index < -0.39 is 11.8 Å². The Kier molecular flexibility index (Phi) is 10.6. The van der Waals surface area contributed by atoms with Crippen molar-refractivity contribution in [3.05, 3.63) is 104 Å². The molecule has 2 aromatic heterocycles. The molecule has 48 heavy (non-hydrogen) atoms. The number of carbonyl (C=O) groups excluding carboxylic acids is 2. The van der Waals surface area contributed by atoms with Crippen molar-refractivity contribution in [3.8, 4) is 11.1 Å². The minimum atomic E-state index is -0.519. The zero-order valence-electron chi connectivity index (χ0n) is 26.2. The van der Waals surface area contributed by atoms with Crippen LogP contribution in [0.15, 0.2) is 60.8 Å². The van der Waals surface area contributed by atoms with Crippen molar-refractivity contribution in [1.29, 1.82) is 0 Å². The second-order valence-electron chi connectivity index (χ2n) is 12.2. The minimum absolute atomic E-state index is 0.0695. The molecule has 0 spiro atoms. The largest absolute Gasteiger partial charge is 0.392 e. The predicted octanol–water partition coefficient (Wildman–Crippen LogP) is 6.05. The summed E-state index contributed by atoms with van der Waals surface area (Å²) in [4.78, 5) is 39.5. The van der Waals surface area contributed by atoms with E-state index in [9.17, 15) is 19.8 Å². The van der Waals surface area contributed by atoms with E-state index in [1.165, 1.54) is 0 Å². The quantitative estimate of drug-likeness (QED) is 0.165. The highest BCUT2D eigenvalue weighted by molar-refractivity contribution is 6.40. The first-order chi connectivity index (χ1) is 23.0. The van der Waals surface area contributed by atoms with Gasteiger partial charge in [0.15, 0.2) is 0 Å². The molecule has 2 atom stereocenters. The maximum atomic E-state index is 13.3. The van der Waals surface area contributed by atoms with Crippen LogP contribution >= 0.6 is 34.8 Å². The summed E-state index contributed by atoms with van der Waals surface area (Å²) >= 11 is 20.1. The van der Waals surface area contributed by atoms with Crippen LogP contribution in [0, 0.1) is 6.92 Å². The maximum absolute atomic E-state index is 13.3. The number of hydrogen-bond donors (Lipinski definition) is 4. The monoisotopic (exact) mass is 708 g/mol. The van der Waals surface area contributed by atoms with Gasteiger partial charge in [-0.05, 0) is 55.2 Å². The third-order valence-electron chi connectivity index (χ3n) is 8.62. The van der Waals surface area contributed by atoms with Gasteiger partial charge in [0, 0.05) is 62.3 Å². The summed E-state index contributed by atoms with van der Waals surface area (Å²) in [6, 6.07) is 15.6. The van der Waals surface area contributed by atoms with E-state index in [0.717, 1.165) is 37.1 Å². The average Bonchev–Trinajstić information content (AvgIpc) is 3.67. The molecular weight excluding hydrogens is 675 g/mol. The van der Waals surface area contributed by atoms with Crippen LogP contribution in [-0.4, -0.2) is 80.2 Å². The van der Waals surface area contributed by atoms with Crippen LogP contribution in [0.3, 0.4) is 0 Å². The minimum Gasteiger partial charge on any atom is -0.392 e. The molecule has 2 saturated heterocycles. The number of amides is 2. The smallest absolute Gasteiger partial charge is 0.275 e. The highest BCUT2D eigenvalue weighted by atomic mass is 35.5. The molecule has 6 rings (SSSR count). The van der Waals surface area contributed by atoms with Gasteiger partial charge in [-0.3, -0.25) is 24.4 Å². The van der Waals surface area contributed by atoms with Crippen LogP contribution in [0.2, 0.25) is 15.1 Å². The van der Waals surface area contributed by atoms with Gasteiger partial charge in [-0.15, -0.1) is 0 Å². The van der Waals surface area contributed by atoms with Gasteiger partial charge in [0.2, 0.25) is 0 Å². The number of anilines is 2. The van der Waals surface area contributed by atoms with E-state index >= 15 is 0 Å². The second-order valence-corrected chi connectivity index (χ2v) is 13.4. The van der Waals surface area contributed by atoms with Crippen molar-refractivity contribution >= 4 is 58.0 Å². The van der Waals surface area contributed by atoms with Crippen LogP contribution in [0.25, 0.3) is 11.1 Å². The molecule has 4 N–H and O–H groups in total. The Bertz CT molecular complexity index is 1840. The molecule has 2 aliphatic rings. The van der Waals surface area contributed by atoms with Crippen molar-refractivity contribution < 1.29 is 19.8 Å². The third kappa shape index (κ3) is 7.82. The van der Waals surface area contributed by atoms with E-state index in [1.54, 1.807) is 54.7 Å². The summed E-state index contributed by atoms with van der Waals surface area (Å²) in [5.74, 6) is -0.943. The number of benzene rings is 2. The Hall–Kier alpha value is -3.61. The molecule has 0 aliphatic carbocycles. The summed E-state index contributed by atoms with van der Waals surface area (Å²) < 4.78 is 0. The number of aliphatic hydroxyl groups is 2. The van der Waals surface area contributed by atoms with Crippen LogP contribution in [0.4, 0.5) is 11.4 Å². The Morgan fingerprint density at radius 1 is 0.833 bits per heavy atom. The molecule has 10 nitrogen and oxygen atoms in total. The van der Waals surface area contributed by atoms with Gasteiger partial charge in [-0.25, -0.2) is 4.98 Å². The van der Waals surface area contributed by atoms with Gasteiger partial charge in [0.25, 0.3) is 11.8 Å². The summed E-state index contributed by atoms with van der Waals surface area (Å²) in [6.45, 7) is 5.88. The fourth-order valence-corrected chi connectivity index (χ4v) is 6.85. The number of aliphatic hydroxyl groups excluding tert-OH is 2. The number of nitrogens with zero attached hydrogens (tertiary/aromatic N) is 4. The summed E-state index contributed by atoms with van der Waals surface area (Å²) in [7, 11) is 0. The molecule has 0 bridgehead atoms. The first-order valence-corrected chi connectivity index (χ1v) is 16.8. The number of nitrogens with one attached hydrogen (secondary N) is 2. The maximum Gasteiger partial charge on any atom is 0.275 e. The van der Waals surface area contributed by atoms with Gasteiger partial charge >= 0.3 is 0 Å². The second kappa shape index (κ2) is 14.9. The zero-order chi connectivity index (χ0) is 33.9. The average molecular weight is 710 g/mol. The topological polar surface area (TPSA) is 131 Å². The number of likely N-dealkylation sites (tertiary alicyclic amines) is 2. The molecule has 0 unspecified atom stereocenters. The fraction of sp³-hybridized carbons (Fsp3) is 0.314. The molecule has 13 heteroatoms. The molecule has 2 aliphatic heterocycles. The van der Waals surface area contributed by atoms with Crippen molar-refractivity contribution in [2.45, 2.75) is 45.1 Å². The van der Waals surface area contributed by atoms with Crippen molar-refractivity contribution in [2.75, 3.05) is 36.8 Å². The fourth-order valence-electron chi connectivity index (χ4n) is 6.04. The highest BCUT2D eigenvalue weighted by Gasteiger charge is 2.24. The van der Waals surface area contributed by atoms with E-state index in [1.807, 2.05) is 13.0 Å². The molecular formula is C35H35Cl3N6O4. The molecule has 0 radical (unpaired) electrons. The number of pyridine rings is 2. The normalized spacial score (nSPS) is 18.3. The van der Waals surface area contributed by atoms with Crippen LogP contribution in [0.5, 0.6) is 0 Å². The number of aromatic nitrogens is 2. The lowest BCUT2D eigenvalue weighted by atomic mass is 10.0. The lowest BCUT2D eigenvalue weighted by Gasteiger charge is -2.18. The van der Waals surface area contributed by atoms with Gasteiger partial charge in [-0.2, -0.15) is 0 Å². The molecule has 4 heterocycles. The van der Waals surface area contributed by atoms with Gasteiger partial charge in [-0.1, -0.05) is 65.1 Å². The molecule has 0 saturated carbocycles. The van der Waals surface area contributed by atoms with Gasteiger partial charge in [0.05, 0.1) is 38.7 Å². The number of rotatable bonds is 9. The molecule has 4 aromatic rings. The van der Waals surface area contributed by atoms with Crippen molar-refractivity contribution in [3.63, 3.8) is 0 Å². The van der Waals surface area contributed by atoms with E-state index in [0.29, 0.717) is 54.4 Å². The molecule has 2 amide bonds. The SMILES string of the molecule is Cc1nc(C(=O)Nc2cccc(-c3cccc(NC(=O)c4ccc(CN5CC[C@@H](O)C5)cn4)c3Cl)c2Cl)c(Cl)cc1CN1CC[C@@H](O)C1. The lowest BCUT2D eigenvalue weighted by Crippen LogP contribution is -2.23. The number of hydrogen-bond acceptors (Lipinski definition) is 8. The third-order valence-corrected chi connectivity index (χ3v) is 9.73. The van der Waals surface area contributed by atoms with Gasteiger partial charge in [0.1, 0.15) is 11.4 Å². The van der Waals surface area contributed by atoms with E-state index in [-0.39, 0.29) is 38.7 Å². The summed E-state index contributed by atoms with van der Waals surface area (Å²) in [5.41, 5.74) is 4.61. The lowest BCUT2D eigenvalue weighted by molar-refractivity contribution is 0.101. The molecule has 2 aromatic carbocycles. The molecule has 250 valence electrons. The number of aryl methyl sites for hydroxylation is 1. The van der Waals surface area contributed by atoms with Crippen LogP contribution in [0.1, 0.15) is 50.6 Å². The number of halogens is 3. The van der Waals surface area contributed by atoms with E-state index in [2.05, 4.69) is 30.4 Å². The standard InChI is InChI=1S/C35H35Cl3N6O4/c1-20-22(17-44-13-11-24(46)19-44)14-27(36)33(40-20)35(48)42-29-7-3-5-26(32(29)38)25-4-2-6-28(31(25)37)41-34(47)30-9-8-21(15-39-30)16-43-12-10-23(45)18-43/h2-9,14-15,23-24,45-46H,10-13,16-19H2,1H3,(H,41,47)(H,42,48)/t23-,24-/m1/s1. The number of carbonyl (C=O) groups is 2. The Morgan fingerprint density at radius 2 is 1.42 bits per heavy atom. The Morgan fingerprint density at radius 3 is 1.96 bits per heavy atom. The Balaban J connectivity index is 1.15. The van der Waals surface area contributed by atoms with E-state index in [4.69, 9.17) is 34.8 Å². The first kappa shape index (κ1) is 34.3. The van der Waals surface area contributed by atoms with Crippen molar-refractivity contribution in [1.82, 2.24) is 19.8 Å². The summed E-state index contributed by atoms with van der Waals surface area (Å²) in [5, 5.41) is 26.0. The molecule has 2 fully saturated rings. The van der Waals surface area contributed by atoms with Gasteiger partial charge < -0.3 is 20.8 Å². The Labute approximate surface area is 293 Å². The predicted molar refractivity (Wildman–Crippen MR) is 188 cm³/mol. The zero-order valence-corrected chi connectivity index (χ0v) is 28.5. The number of β-amino-alcohol motifs (C(OH)–C–C–N with tert-alkyl or cyclic N) is 2. The first-order valence-electron chi connectivity index (χ1n) is 15.7.